The lowest BCUT2D eigenvalue weighted by molar-refractivity contribution is -0.117. The van der Waals surface area contributed by atoms with Crippen LogP contribution in [-0.4, -0.2) is 30.1 Å². The first-order valence-electron chi connectivity index (χ1n) is 8.17. The maximum Gasteiger partial charge on any atom is 0.337 e. The number of esters is 1. The second-order valence-electron chi connectivity index (χ2n) is 5.93. The van der Waals surface area contributed by atoms with Crippen molar-refractivity contribution in [3.63, 3.8) is 0 Å². The third-order valence-electron chi connectivity index (χ3n) is 4.40. The van der Waals surface area contributed by atoms with Gasteiger partial charge in [-0.3, -0.25) is 4.79 Å². The fourth-order valence-corrected chi connectivity index (χ4v) is 3.16. The highest BCUT2D eigenvalue weighted by atomic mass is 16.5. The smallest absolute Gasteiger partial charge is 0.337 e. The first-order valence-corrected chi connectivity index (χ1v) is 8.17. The van der Waals surface area contributed by atoms with E-state index in [1.807, 2.05) is 18.3 Å². The molecular formula is C18H22N2O3. The van der Waals surface area contributed by atoms with Gasteiger partial charge in [-0.25, -0.2) is 4.79 Å². The van der Waals surface area contributed by atoms with Crippen LogP contribution in [0.25, 0.3) is 10.9 Å². The molecule has 0 spiro atoms. The van der Waals surface area contributed by atoms with Crippen molar-refractivity contribution < 1.29 is 14.3 Å². The lowest BCUT2D eigenvalue weighted by Crippen LogP contribution is -2.24. The van der Waals surface area contributed by atoms with E-state index >= 15 is 0 Å². The number of hydrogen-bond acceptors (Lipinski definition) is 3. The van der Waals surface area contributed by atoms with Crippen LogP contribution < -0.4 is 4.90 Å². The van der Waals surface area contributed by atoms with Gasteiger partial charge in [0.1, 0.15) is 0 Å². The summed E-state index contributed by atoms with van der Waals surface area (Å²) in [7, 11) is 1.38. The number of rotatable bonds is 5. The highest BCUT2D eigenvalue weighted by molar-refractivity contribution is 6.07. The number of anilines is 1. The summed E-state index contributed by atoms with van der Waals surface area (Å²) in [6, 6.07) is 5.68. The highest BCUT2D eigenvalue weighted by Gasteiger charge is 2.25. The molecule has 1 aromatic heterocycles. The van der Waals surface area contributed by atoms with Gasteiger partial charge in [0, 0.05) is 31.1 Å². The number of carbonyl (C=O) groups excluding carboxylic acids is 2. The number of hydrogen-bond donors (Lipinski definition) is 0. The van der Waals surface area contributed by atoms with Gasteiger partial charge in [-0.15, -0.1) is 0 Å². The topological polar surface area (TPSA) is 51.5 Å². The molecular weight excluding hydrogens is 292 g/mol. The molecule has 5 nitrogen and oxygen atoms in total. The highest BCUT2D eigenvalue weighted by Crippen LogP contribution is 2.33. The molecule has 1 fully saturated rings. The number of unbranched alkanes of at least 4 members (excludes halogenated alkanes) is 1. The first kappa shape index (κ1) is 15.6. The number of methoxy groups -OCH3 is 1. The molecule has 0 atom stereocenters. The Kier molecular flexibility index (Phi) is 4.37. The molecule has 0 bridgehead atoms. The number of nitrogens with zero attached hydrogens (tertiary/aromatic N) is 2. The largest absolute Gasteiger partial charge is 0.465 e. The average Bonchev–Trinajstić information content (AvgIpc) is 3.17. The molecule has 0 saturated carbocycles. The number of amides is 1. The third-order valence-corrected chi connectivity index (χ3v) is 4.40. The van der Waals surface area contributed by atoms with Crippen molar-refractivity contribution in [3.8, 4) is 0 Å². The number of aromatic nitrogens is 1. The second-order valence-corrected chi connectivity index (χ2v) is 5.93. The molecule has 5 heteroatoms. The Labute approximate surface area is 135 Å². The standard InChI is InChI=1S/C18H22N2O3/c1-3-4-8-19-10-7-14-15(19)11-13(18(22)23-2)12-16(14)20-9-5-6-17(20)21/h7,10-12H,3-6,8-9H2,1-2H3. The van der Waals surface area contributed by atoms with E-state index in [0.29, 0.717) is 18.5 Å². The van der Waals surface area contributed by atoms with Gasteiger partial charge in [0.25, 0.3) is 0 Å². The number of carbonyl (C=O) groups is 2. The number of aryl methyl sites for hydroxylation is 1. The summed E-state index contributed by atoms with van der Waals surface area (Å²) in [5.74, 6) is -0.252. The summed E-state index contributed by atoms with van der Waals surface area (Å²) < 4.78 is 7.02. The summed E-state index contributed by atoms with van der Waals surface area (Å²) in [4.78, 5) is 26.0. The molecule has 3 rings (SSSR count). The van der Waals surface area contributed by atoms with E-state index < -0.39 is 0 Å². The van der Waals surface area contributed by atoms with Crippen LogP contribution in [0.3, 0.4) is 0 Å². The number of ether oxygens (including phenoxy) is 1. The number of fused-ring (bicyclic) bond motifs is 1. The average molecular weight is 314 g/mol. The van der Waals surface area contributed by atoms with E-state index in [1.165, 1.54) is 7.11 Å². The summed E-state index contributed by atoms with van der Waals surface area (Å²) in [5, 5.41) is 1.02. The Bertz CT molecular complexity index is 748. The molecule has 23 heavy (non-hydrogen) atoms. The Morgan fingerprint density at radius 3 is 2.83 bits per heavy atom. The van der Waals surface area contributed by atoms with Gasteiger partial charge in [0.2, 0.25) is 5.91 Å². The van der Waals surface area contributed by atoms with Gasteiger partial charge in [-0.2, -0.15) is 0 Å². The molecule has 1 aliphatic heterocycles. The Hall–Kier alpha value is -2.30. The zero-order valence-corrected chi connectivity index (χ0v) is 13.7. The van der Waals surface area contributed by atoms with E-state index in [4.69, 9.17) is 4.74 Å². The van der Waals surface area contributed by atoms with Gasteiger partial charge in [0.05, 0.1) is 23.9 Å². The first-order chi connectivity index (χ1) is 11.2. The summed E-state index contributed by atoms with van der Waals surface area (Å²) >= 11 is 0. The van der Waals surface area contributed by atoms with E-state index in [-0.39, 0.29) is 11.9 Å². The summed E-state index contributed by atoms with van der Waals surface area (Å²) in [5.41, 5.74) is 2.29. The molecule has 122 valence electrons. The Balaban J connectivity index is 2.14. The van der Waals surface area contributed by atoms with Crippen LogP contribution >= 0.6 is 0 Å². The van der Waals surface area contributed by atoms with Crippen LogP contribution in [0.1, 0.15) is 43.0 Å². The van der Waals surface area contributed by atoms with Crippen molar-refractivity contribution in [2.75, 3.05) is 18.6 Å². The van der Waals surface area contributed by atoms with Crippen molar-refractivity contribution in [1.29, 1.82) is 0 Å². The molecule has 0 N–H and O–H groups in total. The minimum atomic E-state index is -0.372. The third kappa shape index (κ3) is 2.83. The van der Waals surface area contributed by atoms with Gasteiger partial charge >= 0.3 is 5.97 Å². The Morgan fingerprint density at radius 1 is 1.35 bits per heavy atom. The molecule has 1 aliphatic rings. The fraction of sp³-hybridized carbons (Fsp3) is 0.444. The molecule has 2 aromatic rings. The van der Waals surface area contributed by atoms with Crippen LogP contribution in [0.5, 0.6) is 0 Å². The SMILES string of the molecule is CCCCn1ccc2c(N3CCCC3=O)cc(C(=O)OC)cc21. The van der Waals surface area contributed by atoms with Crippen LogP contribution in [-0.2, 0) is 16.1 Å². The maximum absolute atomic E-state index is 12.2. The van der Waals surface area contributed by atoms with Gasteiger partial charge in [-0.1, -0.05) is 13.3 Å². The van der Waals surface area contributed by atoms with E-state index in [0.717, 1.165) is 42.4 Å². The van der Waals surface area contributed by atoms with Crippen molar-refractivity contribution in [2.45, 2.75) is 39.2 Å². The minimum absolute atomic E-state index is 0.120. The van der Waals surface area contributed by atoms with Crippen molar-refractivity contribution in [1.82, 2.24) is 4.57 Å². The molecule has 1 saturated heterocycles. The minimum Gasteiger partial charge on any atom is -0.465 e. The molecule has 0 aliphatic carbocycles. The van der Waals surface area contributed by atoms with Crippen LogP contribution in [0.2, 0.25) is 0 Å². The van der Waals surface area contributed by atoms with Crippen molar-refractivity contribution in [2.24, 2.45) is 0 Å². The van der Waals surface area contributed by atoms with E-state index in [9.17, 15) is 9.59 Å². The number of benzene rings is 1. The van der Waals surface area contributed by atoms with Crippen molar-refractivity contribution in [3.05, 3.63) is 30.0 Å². The zero-order valence-electron chi connectivity index (χ0n) is 13.7. The Morgan fingerprint density at radius 2 is 2.17 bits per heavy atom. The second kappa shape index (κ2) is 6.44. The molecule has 1 amide bonds. The van der Waals surface area contributed by atoms with Crippen LogP contribution in [0.4, 0.5) is 5.69 Å². The van der Waals surface area contributed by atoms with E-state index in [2.05, 4.69) is 11.5 Å². The quantitative estimate of drug-likeness (QED) is 0.795. The lowest BCUT2D eigenvalue weighted by Gasteiger charge is -2.18. The monoisotopic (exact) mass is 314 g/mol. The summed E-state index contributed by atoms with van der Waals surface area (Å²) in [6.07, 6.45) is 5.64. The maximum atomic E-state index is 12.2. The summed E-state index contributed by atoms with van der Waals surface area (Å²) in [6.45, 7) is 3.76. The van der Waals surface area contributed by atoms with Crippen molar-refractivity contribution >= 4 is 28.5 Å². The zero-order chi connectivity index (χ0) is 16.4. The lowest BCUT2D eigenvalue weighted by atomic mass is 10.1. The van der Waals surface area contributed by atoms with Gasteiger partial charge < -0.3 is 14.2 Å². The van der Waals surface area contributed by atoms with Gasteiger partial charge in [0.15, 0.2) is 0 Å². The normalized spacial score (nSPS) is 14.7. The fourth-order valence-electron chi connectivity index (χ4n) is 3.16. The molecule has 0 unspecified atom stereocenters. The molecule has 0 radical (unpaired) electrons. The predicted octanol–water partition coefficient (Wildman–Crippen LogP) is 3.35. The van der Waals surface area contributed by atoms with E-state index in [1.54, 1.807) is 11.0 Å². The molecule has 1 aromatic carbocycles. The van der Waals surface area contributed by atoms with Crippen LogP contribution in [0.15, 0.2) is 24.4 Å². The van der Waals surface area contributed by atoms with Gasteiger partial charge in [-0.05, 0) is 31.0 Å². The predicted molar refractivity (Wildman–Crippen MR) is 89.8 cm³/mol. The van der Waals surface area contributed by atoms with Crippen LogP contribution in [0, 0.1) is 0 Å². The molecule has 2 heterocycles.